The molecule has 0 aromatic rings. The zero-order valence-corrected chi connectivity index (χ0v) is 7.60. The third-order valence-corrected chi connectivity index (χ3v) is 0. The van der Waals surface area contributed by atoms with Gasteiger partial charge in [0.1, 0.15) is 0 Å². The van der Waals surface area contributed by atoms with E-state index in [-0.39, 0.29) is 81.8 Å². The molecule has 4 nitrogen and oxygen atoms in total. The van der Waals surface area contributed by atoms with Crippen LogP contribution in [0.4, 0.5) is 0 Å². The monoisotopic (exact) mass is 274 g/mol. The minimum absolute atomic E-state index is 0. The average molecular weight is 274 g/mol. The Hall–Kier alpha value is 2.45. The van der Waals surface area contributed by atoms with Crippen molar-refractivity contribution >= 4 is 45.1 Å². The van der Waals surface area contributed by atoms with Gasteiger partial charge in [-0.3, -0.25) is 7.32 Å². The first-order valence-corrected chi connectivity index (χ1v) is 0.707. The Kier molecular flexibility index (Phi) is 51.2. The van der Waals surface area contributed by atoms with Gasteiger partial charge in [0.25, 0.3) is 0 Å². The van der Waals surface area contributed by atoms with Crippen molar-refractivity contribution in [3.8, 4) is 0 Å². The second-order valence-corrected chi connectivity index (χ2v) is 0.289. The molecular weight excluding hydrogens is 274 g/mol. The summed E-state index contributed by atoms with van der Waals surface area (Å²) in [5, 5.41) is 25.2. The maximum atomic E-state index is 8.42. The molecule has 0 unspecified atom stereocenters. The Labute approximate surface area is 102 Å². The van der Waals surface area contributed by atoms with Crippen LogP contribution in [0.3, 0.4) is 0 Å². The van der Waals surface area contributed by atoms with E-state index in [1.807, 2.05) is 0 Å². The smallest absolute Gasteiger partial charge is 2.00 e. The summed E-state index contributed by atoms with van der Waals surface area (Å²) in [5.41, 5.74) is 0. The van der Waals surface area contributed by atoms with E-state index >= 15 is 0 Å². The molecule has 0 amide bonds. The minimum atomic E-state index is -2.92. The van der Waals surface area contributed by atoms with Gasteiger partial charge in [0.15, 0.2) is 0 Å². The van der Waals surface area contributed by atoms with Crippen LogP contribution in [0.2, 0.25) is 0 Å². The Balaban J connectivity index is -0.0000000150. The summed E-state index contributed by atoms with van der Waals surface area (Å²) < 4.78 is 0. The first-order chi connectivity index (χ1) is 1.73. The van der Waals surface area contributed by atoms with Gasteiger partial charge >= 0.3 is 76.3 Å². The molecule has 0 aromatic heterocycles. The van der Waals surface area contributed by atoms with Gasteiger partial charge in [0.2, 0.25) is 0 Å². The fraction of sp³-hybridized carbons (Fsp3) is 0. The second-order valence-electron chi connectivity index (χ2n) is 0.289. The molecule has 38 valence electrons. The Morgan fingerprint density at radius 3 is 1.00 bits per heavy atom. The molecule has 0 atom stereocenters. The van der Waals surface area contributed by atoms with Crippen molar-refractivity contribution in [1.29, 1.82) is 0 Å². The largest absolute Gasteiger partial charge is 3.00 e. The fourth-order valence-corrected chi connectivity index (χ4v) is 0. The van der Waals surface area contributed by atoms with Crippen LogP contribution in [0.1, 0.15) is 0 Å². The van der Waals surface area contributed by atoms with Crippen LogP contribution in [0.15, 0.2) is 0 Å². The third kappa shape index (κ3) is 58.6. The molecule has 0 aliphatic carbocycles. The normalized spacial score (nSPS) is 3.86. The van der Waals surface area contributed by atoms with E-state index in [0.29, 0.717) is 0 Å². The van der Waals surface area contributed by atoms with Gasteiger partial charge in [-0.15, -0.1) is 0 Å². The number of rotatable bonds is 0. The zero-order valence-electron chi connectivity index (χ0n) is 3.25. The molecule has 0 spiro atoms. The quantitative estimate of drug-likeness (QED) is 0.417. The number of hydrogen-bond donors (Lipinski definition) is 0. The summed E-state index contributed by atoms with van der Waals surface area (Å²) in [6, 6.07) is 0. The molecule has 0 aromatic carbocycles. The van der Waals surface area contributed by atoms with Gasteiger partial charge < -0.3 is 20.5 Å². The van der Waals surface area contributed by atoms with Crippen molar-refractivity contribution in [2.75, 3.05) is 0 Å². The molecule has 0 fully saturated rings. The van der Waals surface area contributed by atoms with Crippen LogP contribution < -0.4 is 15.1 Å². The Bertz CT molecular complexity index is 16.4. The minimum Gasteiger partial charge on any atom is -2.00 e. The van der Waals surface area contributed by atoms with Gasteiger partial charge in [-0.05, 0) is 0 Å². The molecule has 0 N–H and O–H groups in total. The molecule has 7 heavy (non-hydrogen) atoms. The van der Waals surface area contributed by atoms with E-state index in [1.165, 1.54) is 0 Å². The van der Waals surface area contributed by atoms with Crippen LogP contribution in [0.25, 0.3) is 0 Å². The van der Waals surface area contributed by atoms with Crippen molar-refractivity contribution in [2.24, 2.45) is 0 Å². The molecule has 0 rings (SSSR count). The predicted octanol–water partition coefficient (Wildman–Crippen LogP) is -4.45. The molecule has 0 aliphatic heterocycles. The van der Waals surface area contributed by atoms with E-state index in [4.69, 9.17) is 15.1 Å². The molecule has 0 saturated carbocycles. The topological polar surface area (TPSA) is 97.7 Å². The summed E-state index contributed by atoms with van der Waals surface area (Å²) in [6.07, 6.45) is 0. The molecule has 0 aliphatic rings. The maximum Gasteiger partial charge on any atom is 3.00 e. The van der Waals surface area contributed by atoms with Gasteiger partial charge in [0.05, 0.1) is 0 Å². The van der Waals surface area contributed by atoms with Crippen molar-refractivity contribution in [3.05, 3.63) is 0 Å². The Morgan fingerprint density at radius 2 is 1.00 bits per heavy atom. The standard InChI is InChI=1S/BO3.Ca.O.Tb/c2-1(3)4;;;/q-3;+2;-2;+3. The summed E-state index contributed by atoms with van der Waals surface area (Å²) in [6.45, 7) is 0. The molecule has 0 heterocycles. The van der Waals surface area contributed by atoms with Crippen LogP contribution in [-0.2, 0) is 5.48 Å². The van der Waals surface area contributed by atoms with Crippen LogP contribution in [-0.4, -0.2) is 45.1 Å². The molecule has 0 radical (unpaired) electrons. The summed E-state index contributed by atoms with van der Waals surface area (Å²) in [5.74, 6) is 0. The van der Waals surface area contributed by atoms with Crippen molar-refractivity contribution in [2.45, 2.75) is 0 Å². The van der Waals surface area contributed by atoms with Gasteiger partial charge in [0, 0.05) is 0 Å². The van der Waals surface area contributed by atoms with E-state index < -0.39 is 7.32 Å². The van der Waals surface area contributed by atoms with Crippen LogP contribution in [0.5, 0.6) is 0 Å². The molecule has 0 bridgehead atoms. The summed E-state index contributed by atoms with van der Waals surface area (Å²) in [4.78, 5) is 0. The third-order valence-electron chi connectivity index (χ3n) is 0. The predicted molar refractivity (Wildman–Crippen MR) is 12.2 cm³/mol. The van der Waals surface area contributed by atoms with Gasteiger partial charge in [-0.2, -0.15) is 0 Å². The second kappa shape index (κ2) is 15.8. The molecule has 0 saturated heterocycles. The first kappa shape index (κ1) is 22.7. The van der Waals surface area contributed by atoms with Crippen LogP contribution >= 0.6 is 0 Å². The van der Waals surface area contributed by atoms with E-state index in [9.17, 15) is 0 Å². The summed E-state index contributed by atoms with van der Waals surface area (Å²) >= 11 is 0. The van der Waals surface area contributed by atoms with Crippen molar-refractivity contribution in [1.82, 2.24) is 0 Å². The van der Waals surface area contributed by atoms with E-state index in [0.717, 1.165) is 0 Å². The van der Waals surface area contributed by atoms with E-state index in [2.05, 4.69) is 0 Å². The molecule has 7 heteroatoms. The number of hydrogen-bond acceptors (Lipinski definition) is 3. The van der Waals surface area contributed by atoms with Gasteiger partial charge in [-0.1, -0.05) is 0 Å². The Morgan fingerprint density at radius 1 is 1.00 bits per heavy atom. The zero-order chi connectivity index (χ0) is 3.58. The average Bonchev–Trinajstić information content (AvgIpc) is 0.811. The molecular formula is BCaO4Tb. The van der Waals surface area contributed by atoms with E-state index in [1.54, 1.807) is 0 Å². The first-order valence-electron chi connectivity index (χ1n) is 0.707. The summed E-state index contributed by atoms with van der Waals surface area (Å²) in [7, 11) is -2.92. The van der Waals surface area contributed by atoms with Crippen molar-refractivity contribution in [3.63, 3.8) is 0 Å². The van der Waals surface area contributed by atoms with Crippen LogP contribution in [0, 0.1) is 38.6 Å². The maximum absolute atomic E-state index is 8.42. The SMILES string of the molecule is [Ca+2].[O-2].[O-]B([O-])[O-].[Tb+3]. The van der Waals surface area contributed by atoms with Gasteiger partial charge in [-0.25, -0.2) is 0 Å². The van der Waals surface area contributed by atoms with Crippen molar-refractivity contribution < 1.29 is 59.2 Å². The fourth-order valence-electron chi connectivity index (χ4n) is 0.